The van der Waals surface area contributed by atoms with E-state index in [1.54, 1.807) is 0 Å². The highest BCUT2D eigenvalue weighted by atomic mass is 35.5. The van der Waals surface area contributed by atoms with Crippen molar-refractivity contribution in [2.75, 3.05) is 13.2 Å². The summed E-state index contributed by atoms with van der Waals surface area (Å²) in [5, 5.41) is 6.33. The molecular formula is C12H23ClN2O2. The maximum Gasteiger partial charge on any atom is 0.237 e. The minimum atomic E-state index is 0. The van der Waals surface area contributed by atoms with Gasteiger partial charge in [-0.25, -0.2) is 0 Å². The first-order chi connectivity index (χ1) is 7.77. The van der Waals surface area contributed by atoms with E-state index in [0.29, 0.717) is 0 Å². The molecule has 2 heterocycles. The molecule has 0 aromatic heterocycles. The molecule has 0 radical (unpaired) electrons. The molecule has 3 atom stereocenters. The number of rotatable bonds is 3. The van der Waals surface area contributed by atoms with Crippen LogP contribution < -0.4 is 10.6 Å². The third-order valence-electron chi connectivity index (χ3n) is 3.52. The maximum absolute atomic E-state index is 11.9. The molecular weight excluding hydrogens is 240 g/mol. The van der Waals surface area contributed by atoms with Crippen molar-refractivity contribution in [3.63, 3.8) is 0 Å². The predicted molar refractivity (Wildman–Crippen MR) is 69.5 cm³/mol. The fraction of sp³-hybridized carbons (Fsp3) is 0.917. The Balaban J connectivity index is 0.00000144. The van der Waals surface area contributed by atoms with Crippen molar-refractivity contribution in [2.24, 2.45) is 0 Å². The molecule has 0 saturated carbocycles. The van der Waals surface area contributed by atoms with E-state index in [4.69, 9.17) is 4.74 Å². The van der Waals surface area contributed by atoms with E-state index in [0.717, 1.165) is 38.8 Å². The van der Waals surface area contributed by atoms with Gasteiger partial charge in [0.25, 0.3) is 0 Å². The molecule has 0 aromatic carbocycles. The Bertz CT molecular complexity index is 239. The largest absolute Gasteiger partial charge is 0.376 e. The summed E-state index contributed by atoms with van der Waals surface area (Å²) in [4.78, 5) is 11.9. The van der Waals surface area contributed by atoms with Crippen LogP contribution in [-0.4, -0.2) is 37.2 Å². The highest BCUT2D eigenvalue weighted by molar-refractivity contribution is 5.85. The lowest BCUT2D eigenvalue weighted by molar-refractivity contribution is -0.125. The van der Waals surface area contributed by atoms with Crippen LogP contribution in [0.3, 0.4) is 0 Å². The Morgan fingerprint density at radius 1 is 1.35 bits per heavy atom. The van der Waals surface area contributed by atoms with Gasteiger partial charge in [0.1, 0.15) is 0 Å². The van der Waals surface area contributed by atoms with Gasteiger partial charge >= 0.3 is 0 Å². The van der Waals surface area contributed by atoms with Crippen LogP contribution in [-0.2, 0) is 9.53 Å². The molecule has 1 amide bonds. The number of hydrogen-bond acceptors (Lipinski definition) is 3. The van der Waals surface area contributed by atoms with Gasteiger partial charge in [0.05, 0.1) is 18.2 Å². The number of piperidine rings is 1. The monoisotopic (exact) mass is 262 g/mol. The van der Waals surface area contributed by atoms with E-state index in [9.17, 15) is 4.79 Å². The van der Waals surface area contributed by atoms with E-state index in [2.05, 4.69) is 10.6 Å². The summed E-state index contributed by atoms with van der Waals surface area (Å²) in [6.07, 6.45) is 5.70. The Kier molecular flexibility index (Phi) is 6.23. The molecule has 0 spiro atoms. The van der Waals surface area contributed by atoms with Gasteiger partial charge in [-0.3, -0.25) is 4.79 Å². The molecule has 5 heteroatoms. The van der Waals surface area contributed by atoms with E-state index in [1.165, 1.54) is 6.42 Å². The smallest absolute Gasteiger partial charge is 0.237 e. The molecule has 2 aliphatic rings. The molecule has 0 aliphatic carbocycles. The molecule has 3 unspecified atom stereocenters. The van der Waals surface area contributed by atoms with Gasteiger partial charge in [0.2, 0.25) is 5.91 Å². The number of hydrogen-bond donors (Lipinski definition) is 2. The van der Waals surface area contributed by atoms with Crippen molar-refractivity contribution in [2.45, 2.75) is 57.2 Å². The Morgan fingerprint density at radius 2 is 2.18 bits per heavy atom. The molecule has 100 valence electrons. The minimum Gasteiger partial charge on any atom is -0.376 e. The summed E-state index contributed by atoms with van der Waals surface area (Å²) in [5.41, 5.74) is 0. The van der Waals surface area contributed by atoms with Gasteiger partial charge in [0.15, 0.2) is 0 Å². The Hall–Kier alpha value is -0.320. The maximum atomic E-state index is 11.9. The van der Waals surface area contributed by atoms with E-state index >= 15 is 0 Å². The van der Waals surface area contributed by atoms with Gasteiger partial charge in [-0.15, -0.1) is 12.4 Å². The van der Waals surface area contributed by atoms with Crippen molar-refractivity contribution in [1.82, 2.24) is 10.6 Å². The minimum absolute atomic E-state index is 0. The molecule has 4 nitrogen and oxygen atoms in total. The van der Waals surface area contributed by atoms with Crippen LogP contribution in [0, 0.1) is 0 Å². The van der Waals surface area contributed by atoms with Crippen LogP contribution >= 0.6 is 12.4 Å². The summed E-state index contributed by atoms with van der Waals surface area (Å²) in [6, 6.07) is 0.149. The number of amides is 1. The van der Waals surface area contributed by atoms with Crippen LogP contribution in [0.25, 0.3) is 0 Å². The summed E-state index contributed by atoms with van der Waals surface area (Å²) in [5.74, 6) is 0.141. The average molecular weight is 263 g/mol. The van der Waals surface area contributed by atoms with Gasteiger partial charge in [-0.1, -0.05) is 6.42 Å². The van der Waals surface area contributed by atoms with Crippen molar-refractivity contribution >= 4 is 18.3 Å². The Morgan fingerprint density at radius 3 is 2.76 bits per heavy atom. The van der Waals surface area contributed by atoms with Crippen molar-refractivity contribution in [3.05, 3.63) is 0 Å². The first-order valence-electron chi connectivity index (χ1n) is 6.43. The molecule has 2 aliphatic heterocycles. The van der Waals surface area contributed by atoms with Crippen molar-refractivity contribution < 1.29 is 9.53 Å². The molecule has 2 fully saturated rings. The van der Waals surface area contributed by atoms with Gasteiger partial charge in [-0.05, 0) is 39.2 Å². The molecule has 17 heavy (non-hydrogen) atoms. The number of carbonyl (C=O) groups excluding carboxylic acids is 1. The second-order valence-electron chi connectivity index (χ2n) is 4.85. The second kappa shape index (κ2) is 7.19. The van der Waals surface area contributed by atoms with Crippen molar-refractivity contribution in [3.8, 4) is 0 Å². The topological polar surface area (TPSA) is 50.4 Å². The van der Waals surface area contributed by atoms with Crippen LogP contribution in [0.15, 0.2) is 0 Å². The zero-order valence-corrected chi connectivity index (χ0v) is 11.2. The lowest BCUT2D eigenvalue weighted by Crippen LogP contribution is -2.51. The molecule has 2 saturated heterocycles. The standard InChI is InChI=1S/C12H22N2O2.ClH/c1-9(11-6-4-8-16-11)14-12(15)10-5-2-3-7-13-10;/h9-11,13H,2-8H2,1H3,(H,14,15);1H. The zero-order valence-electron chi connectivity index (χ0n) is 10.4. The van der Waals surface area contributed by atoms with E-state index in [-0.39, 0.29) is 36.5 Å². The third kappa shape index (κ3) is 4.12. The van der Waals surface area contributed by atoms with Crippen LogP contribution in [0.1, 0.15) is 39.0 Å². The number of nitrogens with one attached hydrogen (secondary N) is 2. The fourth-order valence-electron chi connectivity index (χ4n) is 2.49. The highest BCUT2D eigenvalue weighted by Gasteiger charge is 2.27. The van der Waals surface area contributed by atoms with Gasteiger partial charge < -0.3 is 15.4 Å². The average Bonchev–Trinajstić information content (AvgIpc) is 2.83. The summed E-state index contributed by atoms with van der Waals surface area (Å²) >= 11 is 0. The van der Waals surface area contributed by atoms with Crippen molar-refractivity contribution in [1.29, 1.82) is 0 Å². The normalized spacial score (nSPS) is 30.4. The van der Waals surface area contributed by atoms with E-state index in [1.807, 2.05) is 6.92 Å². The SMILES string of the molecule is CC(NC(=O)C1CCCCN1)C1CCCO1.Cl. The lowest BCUT2D eigenvalue weighted by atomic mass is 10.0. The molecule has 2 N–H and O–H groups in total. The molecule has 0 aromatic rings. The predicted octanol–water partition coefficient (Wildman–Crippen LogP) is 1.23. The first kappa shape index (κ1) is 14.7. The molecule has 2 rings (SSSR count). The quantitative estimate of drug-likeness (QED) is 0.805. The zero-order chi connectivity index (χ0) is 11.4. The highest BCUT2D eigenvalue weighted by Crippen LogP contribution is 2.16. The van der Waals surface area contributed by atoms with Gasteiger partial charge in [0, 0.05) is 6.61 Å². The van der Waals surface area contributed by atoms with Crippen LogP contribution in [0.4, 0.5) is 0 Å². The summed E-state index contributed by atoms with van der Waals surface area (Å²) < 4.78 is 5.57. The van der Waals surface area contributed by atoms with Crippen LogP contribution in [0.5, 0.6) is 0 Å². The number of carbonyl (C=O) groups is 1. The number of ether oxygens (including phenoxy) is 1. The van der Waals surface area contributed by atoms with E-state index < -0.39 is 0 Å². The summed E-state index contributed by atoms with van der Waals surface area (Å²) in [6.45, 7) is 3.84. The third-order valence-corrected chi connectivity index (χ3v) is 3.52. The molecule has 0 bridgehead atoms. The van der Waals surface area contributed by atoms with Crippen LogP contribution in [0.2, 0.25) is 0 Å². The lowest BCUT2D eigenvalue weighted by Gasteiger charge is -2.26. The summed E-state index contributed by atoms with van der Waals surface area (Å²) in [7, 11) is 0. The van der Waals surface area contributed by atoms with Gasteiger partial charge in [-0.2, -0.15) is 0 Å². The Labute approximate surface area is 109 Å². The number of halogens is 1. The fourth-order valence-corrected chi connectivity index (χ4v) is 2.49. The second-order valence-corrected chi connectivity index (χ2v) is 4.85. The first-order valence-corrected chi connectivity index (χ1v) is 6.43.